The molecule has 180 valence electrons. The molecular formula is C25H23ClN4O5. The van der Waals surface area contributed by atoms with Crippen LogP contribution in [0.4, 0.5) is 11.4 Å². The zero-order valence-corrected chi connectivity index (χ0v) is 20.2. The largest absolute Gasteiger partial charge is 0.455 e. The Labute approximate surface area is 206 Å². The molecule has 0 saturated carbocycles. The number of nitro groups is 1. The van der Waals surface area contributed by atoms with Crippen molar-refractivity contribution in [1.29, 1.82) is 0 Å². The molecule has 0 spiro atoms. The molecule has 0 fully saturated rings. The second-order valence-corrected chi connectivity index (χ2v) is 8.81. The molecule has 3 aromatic rings. The maximum absolute atomic E-state index is 13.0. The number of hydrogen-bond donors (Lipinski definition) is 2. The van der Waals surface area contributed by atoms with Gasteiger partial charge in [-0.2, -0.15) is 5.10 Å². The normalized spacial score (nSPS) is 13.9. The highest BCUT2D eigenvalue weighted by atomic mass is 35.5. The number of amides is 2. The molecule has 0 bridgehead atoms. The molecule has 1 heterocycles. The lowest BCUT2D eigenvalue weighted by atomic mass is 9.93. The number of nitro benzene ring substituents is 1. The summed E-state index contributed by atoms with van der Waals surface area (Å²) < 4.78 is 5.92. The van der Waals surface area contributed by atoms with Crippen LogP contribution in [-0.4, -0.2) is 22.4 Å². The van der Waals surface area contributed by atoms with Gasteiger partial charge in [-0.3, -0.25) is 19.7 Å². The summed E-state index contributed by atoms with van der Waals surface area (Å²) in [6, 6.07) is 9.59. The number of hydrogen-bond acceptors (Lipinski definition) is 6. The van der Waals surface area contributed by atoms with Crippen LogP contribution in [-0.2, 0) is 6.42 Å². The van der Waals surface area contributed by atoms with Crippen LogP contribution in [0.5, 0.6) is 0 Å². The van der Waals surface area contributed by atoms with Gasteiger partial charge in [-0.1, -0.05) is 23.7 Å². The first-order valence-electron chi connectivity index (χ1n) is 11.0. The van der Waals surface area contributed by atoms with Gasteiger partial charge in [0.25, 0.3) is 17.5 Å². The fourth-order valence-electron chi connectivity index (χ4n) is 4.02. The Kier molecular flexibility index (Phi) is 6.70. The third-order valence-corrected chi connectivity index (χ3v) is 6.19. The van der Waals surface area contributed by atoms with Crippen LogP contribution in [0.15, 0.2) is 45.9 Å². The van der Waals surface area contributed by atoms with Crippen LogP contribution in [0.3, 0.4) is 0 Å². The molecule has 0 saturated heterocycles. The van der Waals surface area contributed by atoms with Gasteiger partial charge in [0.05, 0.1) is 10.6 Å². The van der Waals surface area contributed by atoms with Crippen molar-refractivity contribution in [3.8, 4) is 0 Å². The van der Waals surface area contributed by atoms with Crippen molar-refractivity contribution in [2.75, 3.05) is 5.32 Å². The summed E-state index contributed by atoms with van der Waals surface area (Å²) in [5, 5.41) is 18.2. The van der Waals surface area contributed by atoms with Gasteiger partial charge in [0.2, 0.25) is 0 Å². The van der Waals surface area contributed by atoms with E-state index < -0.39 is 10.8 Å². The standard InChI is InChI=1S/C25H23ClN4O5/c1-13-7-8-14(2)19(11-13)27-25(32)23-15(3)22-18(5-4-6-21(22)35-23)28-29-24(31)16-9-10-17(26)20(12-16)30(33)34/h7-12H,4-6H2,1-3H3,(H,27,32)(H,29,31)/b28-18+. The minimum Gasteiger partial charge on any atom is -0.455 e. The Morgan fingerprint density at radius 3 is 2.60 bits per heavy atom. The fraction of sp³-hybridized carbons (Fsp3) is 0.240. The number of nitrogens with zero attached hydrogens (tertiary/aromatic N) is 2. The van der Waals surface area contributed by atoms with Crippen LogP contribution in [0.25, 0.3) is 0 Å². The molecule has 2 N–H and O–H groups in total. The summed E-state index contributed by atoms with van der Waals surface area (Å²) in [7, 11) is 0. The van der Waals surface area contributed by atoms with E-state index in [0.29, 0.717) is 41.1 Å². The summed E-state index contributed by atoms with van der Waals surface area (Å²) in [4.78, 5) is 36.0. The lowest BCUT2D eigenvalue weighted by molar-refractivity contribution is -0.384. The first-order valence-corrected chi connectivity index (χ1v) is 11.4. The van der Waals surface area contributed by atoms with Crippen LogP contribution >= 0.6 is 11.6 Å². The molecule has 1 aromatic heterocycles. The molecule has 0 atom stereocenters. The molecule has 0 unspecified atom stereocenters. The minimum absolute atomic E-state index is 0.0546. The van der Waals surface area contributed by atoms with Crippen molar-refractivity contribution >= 4 is 40.5 Å². The number of aryl methyl sites for hydroxylation is 3. The molecule has 0 radical (unpaired) electrons. The van der Waals surface area contributed by atoms with E-state index in [1.807, 2.05) is 32.0 Å². The average Bonchev–Trinajstić information content (AvgIpc) is 3.17. The molecule has 35 heavy (non-hydrogen) atoms. The van der Waals surface area contributed by atoms with E-state index >= 15 is 0 Å². The molecule has 0 aliphatic heterocycles. The Balaban J connectivity index is 1.58. The predicted octanol–water partition coefficient (Wildman–Crippen LogP) is 5.49. The zero-order chi connectivity index (χ0) is 25.3. The van der Waals surface area contributed by atoms with Gasteiger partial charge >= 0.3 is 0 Å². The number of nitrogens with one attached hydrogen (secondary N) is 2. The van der Waals surface area contributed by atoms with Gasteiger partial charge in [-0.05, 0) is 62.9 Å². The van der Waals surface area contributed by atoms with Crippen molar-refractivity contribution in [2.45, 2.75) is 40.0 Å². The number of benzene rings is 2. The fourth-order valence-corrected chi connectivity index (χ4v) is 4.21. The minimum atomic E-state index is -0.655. The van der Waals surface area contributed by atoms with E-state index in [0.717, 1.165) is 23.6 Å². The van der Waals surface area contributed by atoms with E-state index in [1.54, 1.807) is 6.92 Å². The van der Waals surface area contributed by atoms with Crippen LogP contribution in [0, 0.1) is 30.9 Å². The predicted molar refractivity (Wildman–Crippen MR) is 132 cm³/mol. The number of furan rings is 1. The van der Waals surface area contributed by atoms with Crippen molar-refractivity contribution in [2.24, 2.45) is 5.10 Å². The second kappa shape index (κ2) is 9.71. The third kappa shape index (κ3) is 4.95. The number of fused-ring (bicyclic) bond motifs is 1. The van der Waals surface area contributed by atoms with Gasteiger partial charge < -0.3 is 9.73 Å². The number of carbonyl (C=O) groups excluding carboxylic acids is 2. The van der Waals surface area contributed by atoms with Gasteiger partial charge in [0.1, 0.15) is 10.8 Å². The number of anilines is 1. The topological polar surface area (TPSA) is 127 Å². The monoisotopic (exact) mass is 494 g/mol. The van der Waals surface area contributed by atoms with Gasteiger partial charge in [0.15, 0.2) is 5.76 Å². The average molecular weight is 495 g/mol. The SMILES string of the molecule is Cc1ccc(C)c(NC(=O)c2oc3c(c2C)/C(=N/NC(=O)c2ccc(Cl)c([N+](=O)[O-])c2)CCC3)c1. The van der Waals surface area contributed by atoms with Gasteiger partial charge in [-0.25, -0.2) is 5.43 Å². The van der Waals surface area contributed by atoms with Gasteiger partial charge in [-0.15, -0.1) is 0 Å². The van der Waals surface area contributed by atoms with E-state index in [1.165, 1.54) is 12.1 Å². The maximum atomic E-state index is 13.0. The summed E-state index contributed by atoms with van der Waals surface area (Å²) in [6.45, 7) is 5.65. The Hall–Kier alpha value is -3.98. The van der Waals surface area contributed by atoms with E-state index in [9.17, 15) is 19.7 Å². The molecule has 4 rings (SSSR count). The molecule has 2 amide bonds. The third-order valence-electron chi connectivity index (χ3n) is 5.87. The molecule has 10 heteroatoms. The van der Waals surface area contributed by atoms with Crippen molar-refractivity contribution in [3.05, 3.63) is 90.9 Å². The Morgan fingerprint density at radius 1 is 1.09 bits per heavy atom. The quantitative estimate of drug-likeness (QED) is 0.358. The molecule has 9 nitrogen and oxygen atoms in total. The van der Waals surface area contributed by atoms with Crippen molar-refractivity contribution in [3.63, 3.8) is 0 Å². The summed E-state index contributed by atoms with van der Waals surface area (Å²) in [6.07, 6.45) is 1.95. The summed E-state index contributed by atoms with van der Waals surface area (Å²) in [5.74, 6) is -0.138. The highest BCUT2D eigenvalue weighted by Crippen LogP contribution is 2.31. The molecular weight excluding hydrogens is 472 g/mol. The Morgan fingerprint density at radius 2 is 1.86 bits per heavy atom. The van der Waals surface area contributed by atoms with E-state index in [2.05, 4.69) is 15.8 Å². The molecule has 1 aliphatic carbocycles. The maximum Gasteiger partial charge on any atom is 0.291 e. The van der Waals surface area contributed by atoms with Crippen molar-refractivity contribution in [1.82, 2.24) is 5.43 Å². The van der Waals surface area contributed by atoms with E-state index in [-0.39, 0.29) is 27.9 Å². The lowest BCUT2D eigenvalue weighted by Crippen LogP contribution is -2.22. The number of hydrazone groups is 1. The number of halogens is 1. The molecule has 1 aliphatic rings. The second-order valence-electron chi connectivity index (χ2n) is 8.40. The summed E-state index contributed by atoms with van der Waals surface area (Å²) in [5.41, 5.74) is 6.73. The van der Waals surface area contributed by atoms with Crippen LogP contribution in [0.2, 0.25) is 5.02 Å². The zero-order valence-electron chi connectivity index (χ0n) is 19.4. The van der Waals surface area contributed by atoms with Crippen molar-refractivity contribution < 1.29 is 18.9 Å². The molecule has 2 aromatic carbocycles. The van der Waals surface area contributed by atoms with Crippen LogP contribution < -0.4 is 10.7 Å². The highest BCUT2D eigenvalue weighted by molar-refractivity contribution is 6.32. The number of carbonyl (C=O) groups is 2. The lowest BCUT2D eigenvalue weighted by Gasteiger charge is -2.13. The van der Waals surface area contributed by atoms with E-state index in [4.69, 9.17) is 16.0 Å². The van der Waals surface area contributed by atoms with Crippen LogP contribution in [0.1, 0.15) is 61.8 Å². The highest BCUT2D eigenvalue weighted by Gasteiger charge is 2.28. The summed E-state index contributed by atoms with van der Waals surface area (Å²) >= 11 is 5.82. The van der Waals surface area contributed by atoms with Gasteiger partial charge in [0, 0.05) is 34.9 Å². The first kappa shape index (κ1) is 24.2. The first-order chi connectivity index (χ1) is 16.7. The smallest absolute Gasteiger partial charge is 0.291 e. The Bertz CT molecular complexity index is 1390. The number of rotatable bonds is 5.